The van der Waals surface area contributed by atoms with Gasteiger partial charge in [-0.1, -0.05) is 39.0 Å². The summed E-state index contributed by atoms with van der Waals surface area (Å²) in [5.41, 5.74) is 0. The molecule has 0 aliphatic carbocycles. The van der Waals surface area contributed by atoms with E-state index in [9.17, 15) is 0 Å². The summed E-state index contributed by atoms with van der Waals surface area (Å²) in [5.74, 6) is 0. The van der Waals surface area contributed by atoms with Gasteiger partial charge >= 0.3 is 0 Å². The number of unbranched alkanes of at least 4 members (excludes halogenated alkanes) is 5. The molecule has 0 nitrogen and oxygen atoms in total. The van der Waals surface area contributed by atoms with Crippen molar-refractivity contribution in [3.05, 3.63) is 6.92 Å². The zero-order valence-electron chi connectivity index (χ0n) is 6.30. The van der Waals surface area contributed by atoms with Gasteiger partial charge in [0.1, 0.15) is 0 Å². The third-order valence-corrected chi connectivity index (χ3v) is 1.35. The van der Waals surface area contributed by atoms with Crippen LogP contribution >= 0.6 is 0 Å². The van der Waals surface area contributed by atoms with E-state index >= 15 is 0 Å². The predicted octanol–water partition coefficient (Wildman–Crippen LogP) is 3.18. The van der Waals surface area contributed by atoms with Gasteiger partial charge in [-0.2, -0.15) is 6.42 Å². The second-order valence-electron chi connectivity index (χ2n) is 2.27. The van der Waals surface area contributed by atoms with Crippen molar-refractivity contribution in [1.29, 1.82) is 0 Å². The van der Waals surface area contributed by atoms with Crippen LogP contribution < -0.4 is 0 Å². The molecule has 0 unspecified atom stereocenters. The van der Waals surface area contributed by atoms with E-state index < -0.39 is 0 Å². The molecule has 0 aromatic carbocycles. The third-order valence-electron chi connectivity index (χ3n) is 1.35. The minimum Gasteiger partial charge on any atom is -0.343 e. The largest absolute Gasteiger partial charge is 0.343 e. The molecule has 0 radical (unpaired) electrons. The smallest absolute Gasteiger partial charge is 0 e. The summed E-state index contributed by atoms with van der Waals surface area (Å²) in [4.78, 5) is 0. The molecular formula is C8H17Gd-. The van der Waals surface area contributed by atoms with Crippen molar-refractivity contribution < 1.29 is 39.9 Å². The molecule has 0 aromatic rings. The zero-order valence-corrected chi connectivity index (χ0v) is 8.57. The Kier molecular flexibility index (Phi) is 17.3. The second kappa shape index (κ2) is 12.0. The average molecular weight is 270 g/mol. The Labute approximate surface area is 91.5 Å². The van der Waals surface area contributed by atoms with E-state index in [1.165, 1.54) is 32.1 Å². The van der Waals surface area contributed by atoms with Crippen LogP contribution in [0.1, 0.15) is 45.4 Å². The van der Waals surface area contributed by atoms with Crippen LogP contribution in [-0.4, -0.2) is 0 Å². The third kappa shape index (κ3) is 12.5. The van der Waals surface area contributed by atoms with E-state index in [0.29, 0.717) is 0 Å². The van der Waals surface area contributed by atoms with E-state index in [1.54, 1.807) is 0 Å². The molecule has 0 fully saturated rings. The van der Waals surface area contributed by atoms with Crippen LogP contribution in [0.5, 0.6) is 0 Å². The monoisotopic (exact) mass is 271 g/mol. The van der Waals surface area contributed by atoms with Crippen molar-refractivity contribution >= 4 is 0 Å². The fourth-order valence-electron chi connectivity index (χ4n) is 0.780. The molecular weight excluding hydrogens is 253 g/mol. The Morgan fingerprint density at radius 3 is 2.00 bits per heavy atom. The van der Waals surface area contributed by atoms with Crippen LogP contribution in [0.4, 0.5) is 0 Å². The molecule has 58 valence electrons. The summed E-state index contributed by atoms with van der Waals surface area (Å²) in [6, 6.07) is 0. The van der Waals surface area contributed by atoms with E-state index in [2.05, 4.69) is 13.8 Å². The van der Waals surface area contributed by atoms with Crippen molar-refractivity contribution in [2.45, 2.75) is 45.4 Å². The van der Waals surface area contributed by atoms with Gasteiger partial charge in [-0.25, -0.2) is 0 Å². The van der Waals surface area contributed by atoms with E-state index in [-0.39, 0.29) is 39.9 Å². The van der Waals surface area contributed by atoms with Gasteiger partial charge in [0, 0.05) is 39.9 Å². The van der Waals surface area contributed by atoms with E-state index in [1.807, 2.05) is 0 Å². The first kappa shape index (κ1) is 13.0. The van der Waals surface area contributed by atoms with Crippen molar-refractivity contribution in [1.82, 2.24) is 0 Å². The Balaban J connectivity index is 0. The van der Waals surface area contributed by atoms with Crippen molar-refractivity contribution in [2.75, 3.05) is 0 Å². The molecule has 0 saturated carbocycles. The summed E-state index contributed by atoms with van der Waals surface area (Å²) in [5, 5.41) is 0. The minimum atomic E-state index is 0. The summed E-state index contributed by atoms with van der Waals surface area (Å²) >= 11 is 0. The maximum Gasteiger partial charge on any atom is 0 e. The van der Waals surface area contributed by atoms with Gasteiger partial charge in [0.05, 0.1) is 0 Å². The molecule has 0 saturated heterocycles. The van der Waals surface area contributed by atoms with Crippen LogP contribution in [0.3, 0.4) is 0 Å². The molecule has 0 atom stereocenters. The Bertz CT molecular complexity index is 29.5. The molecule has 0 bridgehead atoms. The minimum absolute atomic E-state index is 0. The van der Waals surface area contributed by atoms with Crippen LogP contribution in [0.25, 0.3) is 0 Å². The number of hydrogen-bond acceptors (Lipinski definition) is 0. The summed E-state index contributed by atoms with van der Waals surface area (Å²) in [6.07, 6.45) is 7.98. The van der Waals surface area contributed by atoms with Crippen LogP contribution in [0.15, 0.2) is 0 Å². The van der Waals surface area contributed by atoms with Gasteiger partial charge in [0.15, 0.2) is 0 Å². The van der Waals surface area contributed by atoms with Gasteiger partial charge in [0.2, 0.25) is 0 Å². The van der Waals surface area contributed by atoms with Crippen molar-refractivity contribution in [3.63, 3.8) is 0 Å². The average Bonchev–Trinajstić information content (AvgIpc) is 1.81. The number of rotatable bonds is 5. The van der Waals surface area contributed by atoms with Crippen LogP contribution in [0.2, 0.25) is 0 Å². The maximum atomic E-state index is 3.78. The summed E-state index contributed by atoms with van der Waals surface area (Å²) in [7, 11) is 0. The fraction of sp³-hybridized carbons (Fsp3) is 0.875. The Hall–Kier alpha value is 1.32. The van der Waals surface area contributed by atoms with Crippen molar-refractivity contribution in [2.24, 2.45) is 0 Å². The van der Waals surface area contributed by atoms with E-state index in [4.69, 9.17) is 0 Å². The quantitative estimate of drug-likeness (QED) is 0.532. The molecule has 0 aliphatic heterocycles. The predicted molar refractivity (Wildman–Crippen MR) is 38.7 cm³/mol. The molecule has 0 heterocycles. The summed E-state index contributed by atoms with van der Waals surface area (Å²) in [6.45, 7) is 6.02. The first-order chi connectivity index (χ1) is 3.91. The van der Waals surface area contributed by atoms with Crippen molar-refractivity contribution in [3.8, 4) is 0 Å². The molecule has 0 aliphatic rings. The maximum absolute atomic E-state index is 3.78. The Morgan fingerprint density at radius 1 is 1.00 bits per heavy atom. The molecule has 9 heavy (non-hydrogen) atoms. The van der Waals surface area contributed by atoms with E-state index in [0.717, 1.165) is 6.42 Å². The van der Waals surface area contributed by atoms with Gasteiger partial charge in [0.25, 0.3) is 0 Å². The normalized spacial score (nSPS) is 8.67. The molecule has 0 aromatic heterocycles. The van der Waals surface area contributed by atoms with Gasteiger partial charge < -0.3 is 6.92 Å². The molecule has 0 N–H and O–H groups in total. The first-order valence-corrected chi connectivity index (χ1v) is 3.71. The van der Waals surface area contributed by atoms with Gasteiger partial charge in [-0.3, -0.25) is 0 Å². The van der Waals surface area contributed by atoms with Gasteiger partial charge in [-0.05, 0) is 0 Å². The molecule has 1 heteroatoms. The SMILES string of the molecule is [CH2-]CCCCCCC.[Gd]. The van der Waals surface area contributed by atoms with Crippen LogP contribution in [-0.2, 0) is 0 Å². The fourth-order valence-corrected chi connectivity index (χ4v) is 0.780. The second-order valence-corrected chi connectivity index (χ2v) is 2.27. The standard InChI is InChI=1S/C8H17.Gd/c1-3-5-7-8-6-4-2;/h1,3-8H2,2H3;/q-1;. The van der Waals surface area contributed by atoms with Gasteiger partial charge in [-0.15, -0.1) is 0 Å². The first-order valence-electron chi connectivity index (χ1n) is 3.71. The molecule has 0 rings (SSSR count). The zero-order chi connectivity index (χ0) is 6.24. The van der Waals surface area contributed by atoms with Crippen LogP contribution in [0, 0.1) is 46.9 Å². The summed E-state index contributed by atoms with van der Waals surface area (Å²) < 4.78 is 0. The molecule has 0 spiro atoms. The topological polar surface area (TPSA) is 0 Å². The Morgan fingerprint density at radius 2 is 1.56 bits per heavy atom. The molecule has 0 amide bonds. The number of hydrogen-bond donors (Lipinski definition) is 0.